The van der Waals surface area contributed by atoms with Gasteiger partial charge < -0.3 is 20.2 Å². The number of fused-ring (bicyclic) bond motifs is 1. The molecule has 2 aromatic heterocycles. The number of nitrogens with one attached hydrogen (secondary N) is 2. The third-order valence-electron chi connectivity index (χ3n) is 5.01. The number of carbonyl (C=O) groups excluding carboxylic acids is 1. The van der Waals surface area contributed by atoms with E-state index in [0.717, 1.165) is 0 Å². The molecule has 0 bridgehead atoms. The van der Waals surface area contributed by atoms with Gasteiger partial charge in [-0.1, -0.05) is 12.1 Å². The molecule has 4 aromatic rings. The van der Waals surface area contributed by atoms with Gasteiger partial charge in [0.15, 0.2) is 0 Å². The van der Waals surface area contributed by atoms with Crippen LogP contribution < -0.4 is 10.6 Å². The smallest absolute Gasteiger partial charge is 0.335 e. The first-order chi connectivity index (χ1) is 15.4. The van der Waals surface area contributed by atoms with Gasteiger partial charge in [0.2, 0.25) is 5.71 Å². The summed E-state index contributed by atoms with van der Waals surface area (Å²) in [5.74, 6) is -1.07. The summed E-state index contributed by atoms with van der Waals surface area (Å²) < 4.78 is 19.4. The van der Waals surface area contributed by atoms with Crippen molar-refractivity contribution >= 4 is 28.8 Å². The van der Waals surface area contributed by atoms with Crippen molar-refractivity contribution in [2.45, 2.75) is 6.92 Å². The number of carbonyl (C=O) groups is 2. The molecule has 4 rings (SSSR count). The number of halogens is 1. The van der Waals surface area contributed by atoms with Crippen molar-refractivity contribution in [1.29, 1.82) is 0 Å². The summed E-state index contributed by atoms with van der Waals surface area (Å²) in [5, 5.41) is 15.6. The maximum atomic E-state index is 13.4. The molecule has 3 N–H and O–H groups in total. The van der Waals surface area contributed by atoms with E-state index in [9.17, 15) is 19.1 Å². The number of pyridine rings is 1. The van der Waals surface area contributed by atoms with Gasteiger partial charge in [-0.2, -0.15) is 4.98 Å². The minimum Gasteiger partial charge on any atom is -0.478 e. The zero-order chi connectivity index (χ0) is 22.8. The fourth-order valence-corrected chi connectivity index (χ4v) is 3.52. The Hall–Kier alpha value is -4.20. The number of rotatable bonds is 6. The first-order valence-electron chi connectivity index (χ1n) is 9.96. The number of nitrogens with zero attached hydrogens (tertiary/aromatic N) is 1. The van der Waals surface area contributed by atoms with E-state index in [1.165, 1.54) is 37.4 Å². The summed E-state index contributed by atoms with van der Waals surface area (Å²) in [5.41, 5.74) is 2.41. The SMILES string of the molecule is CCNc1nc2oc(-c3ccc(F)cc3)c(C(=O)NC)c2cc1-c1cccc(C(=O)O)c1. The number of carboxylic acid groups (broad SMARTS) is 1. The molecular formula is C24H20FN3O4. The van der Waals surface area contributed by atoms with Gasteiger partial charge in [0.1, 0.15) is 17.4 Å². The molecule has 0 saturated heterocycles. The highest BCUT2D eigenvalue weighted by Crippen LogP contribution is 2.38. The molecule has 0 spiro atoms. The Morgan fingerprint density at radius 3 is 2.50 bits per heavy atom. The lowest BCUT2D eigenvalue weighted by Gasteiger charge is -2.11. The molecule has 7 nitrogen and oxygen atoms in total. The third kappa shape index (κ3) is 3.78. The summed E-state index contributed by atoms with van der Waals surface area (Å²) in [4.78, 5) is 28.8. The number of carboxylic acids is 1. The number of benzene rings is 2. The topological polar surface area (TPSA) is 104 Å². The number of amides is 1. The van der Waals surface area contributed by atoms with Crippen LogP contribution in [0.3, 0.4) is 0 Å². The van der Waals surface area contributed by atoms with Crippen LogP contribution in [0.2, 0.25) is 0 Å². The number of furan rings is 1. The molecule has 2 aromatic carbocycles. The van der Waals surface area contributed by atoms with Gasteiger partial charge >= 0.3 is 5.97 Å². The Bertz CT molecular complexity index is 1330. The zero-order valence-electron chi connectivity index (χ0n) is 17.4. The molecule has 162 valence electrons. The minimum atomic E-state index is -1.04. The van der Waals surface area contributed by atoms with Crippen LogP contribution in [0.1, 0.15) is 27.6 Å². The Balaban J connectivity index is 2.00. The van der Waals surface area contributed by atoms with Crippen molar-refractivity contribution < 1.29 is 23.5 Å². The van der Waals surface area contributed by atoms with E-state index < -0.39 is 11.8 Å². The number of hydrogen-bond acceptors (Lipinski definition) is 5. The number of hydrogen-bond donors (Lipinski definition) is 3. The van der Waals surface area contributed by atoms with Crippen molar-refractivity contribution in [3.8, 4) is 22.5 Å². The minimum absolute atomic E-state index is 0.135. The van der Waals surface area contributed by atoms with E-state index >= 15 is 0 Å². The van der Waals surface area contributed by atoms with Gasteiger partial charge in [-0.15, -0.1) is 0 Å². The van der Waals surface area contributed by atoms with Gasteiger partial charge in [-0.05, 0) is 55.0 Å². The van der Waals surface area contributed by atoms with E-state index in [4.69, 9.17) is 4.42 Å². The molecule has 8 heteroatoms. The molecular weight excluding hydrogens is 413 g/mol. The van der Waals surface area contributed by atoms with Crippen molar-refractivity contribution in [2.75, 3.05) is 18.9 Å². The molecule has 32 heavy (non-hydrogen) atoms. The summed E-state index contributed by atoms with van der Waals surface area (Å²) in [6.45, 7) is 2.48. The maximum Gasteiger partial charge on any atom is 0.335 e. The monoisotopic (exact) mass is 433 g/mol. The van der Waals surface area contributed by atoms with Crippen LogP contribution in [0, 0.1) is 5.82 Å². The lowest BCUT2D eigenvalue weighted by atomic mass is 10.00. The van der Waals surface area contributed by atoms with Gasteiger partial charge in [-0.25, -0.2) is 9.18 Å². The average molecular weight is 433 g/mol. The van der Waals surface area contributed by atoms with Crippen molar-refractivity contribution in [3.63, 3.8) is 0 Å². The average Bonchev–Trinajstić information content (AvgIpc) is 3.17. The van der Waals surface area contributed by atoms with Gasteiger partial charge in [0.05, 0.1) is 16.5 Å². The Labute approximate surface area is 182 Å². The van der Waals surface area contributed by atoms with E-state index in [0.29, 0.717) is 34.4 Å². The standard InChI is InChI=1S/C24H20FN3O4/c1-3-27-21-17(14-5-4-6-15(11-14)24(30)31)12-18-19(22(29)26-2)20(32-23(18)28-21)13-7-9-16(25)10-8-13/h4-12H,3H2,1-2H3,(H,26,29)(H,27,28)(H,30,31). The molecule has 0 unspecified atom stereocenters. The molecule has 0 aliphatic carbocycles. The van der Waals surface area contributed by atoms with Gasteiger partial charge in [0.25, 0.3) is 5.91 Å². The Morgan fingerprint density at radius 2 is 1.84 bits per heavy atom. The highest BCUT2D eigenvalue weighted by Gasteiger charge is 2.24. The third-order valence-corrected chi connectivity index (χ3v) is 5.01. The predicted molar refractivity (Wildman–Crippen MR) is 119 cm³/mol. The second kappa shape index (κ2) is 8.50. The quantitative estimate of drug-likeness (QED) is 0.404. The molecule has 0 fully saturated rings. The molecule has 1 amide bonds. The van der Waals surface area contributed by atoms with Crippen LogP contribution in [-0.2, 0) is 0 Å². The van der Waals surface area contributed by atoms with E-state index in [-0.39, 0.29) is 28.5 Å². The zero-order valence-corrected chi connectivity index (χ0v) is 17.4. The maximum absolute atomic E-state index is 13.4. The summed E-state index contributed by atoms with van der Waals surface area (Å²) >= 11 is 0. The second-order valence-electron chi connectivity index (χ2n) is 7.05. The second-order valence-corrected chi connectivity index (χ2v) is 7.05. The largest absolute Gasteiger partial charge is 0.478 e. The van der Waals surface area contributed by atoms with E-state index in [1.54, 1.807) is 24.3 Å². The lowest BCUT2D eigenvalue weighted by Crippen LogP contribution is -2.18. The highest BCUT2D eigenvalue weighted by atomic mass is 19.1. The number of aromatic carboxylic acids is 1. The van der Waals surface area contributed by atoms with Crippen molar-refractivity contribution in [1.82, 2.24) is 10.3 Å². The Morgan fingerprint density at radius 1 is 1.09 bits per heavy atom. The van der Waals surface area contributed by atoms with Crippen LogP contribution >= 0.6 is 0 Å². The number of anilines is 1. The predicted octanol–water partition coefficient (Wildman–Crippen LogP) is 4.79. The molecule has 0 radical (unpaired) electrons. The van der Waals surface area contributed by atoms with Crippen molar-refractivity contribution in [2.24, 2.45) is 0 Å². The molecule has 0 saturated carbocycles. The van der Waals surface area contributed by atoms with Crippen LogP contribution in [0.25, 0.3) is 33.6 Å². The van der Waals surface area contributed by atoms with E-state index in [2.05, 4.69) is 15.6 Å². The van der Waals surface area contributed by atoms with E-state index in [1.807, 2.05) is 6.92 Å². The highest BCUT2D eigenvalue weighted by molar-refractivity contribution is 6.11. The summed E-state index contributed by atoms with van der Waals surface area (Å²) in [7, 11) is 1.51. The summed E-state index contributed by atoms with van der Waals surface area (Å²) in [6.07, 6.45) is 0. The normalized spacial score (nSPS) is 10.8. The van der Waals surface area contributed by atoms with Gasteiger partial charge in [0, 0.05) is 24.7 Å². The van der Waals surface area contributed by atoms with Crippen LogP contribution in [-0.4, -0.2) is 35.6 Å². The fraction of sp³-hybridized carbons (Fsp3) is 0.125. The first-order valence-corrected chi connectivity index (χ1v) is 9.96. The van der Waals surface area contributed by atoms with Crippen LogP contribution in [0.4, 0.5) is 10.2 Å². The first kappa shape index (κ1) is 21.0. The fourth-order valence-electron chi connectivity index (χ4n) is 3.52. The van der Waals surface area contributed by atoms with Crippen LogP contribution in [0.5, 0.6) is 0 Å². The van der Waals surface area contributed by atoms with Gasteiger partial charge in [-0.3, -0.25) is 4.79 Å². The summed E-state index contributed by atoms with van der Waals surface area (Å²) in [6, 6.07) is 13.9. The Kier molecular flexibility index (Phi) is 5.59. The molecule has 0 aliphatic heterocycles. The lowest BCUT2D eigenvalue weighted by molar-refractivity contribution is 0.0696. The molecule has 2 heterocycles. The molecule has 0 atom stereocenters. The van der Waals surface area contributed by atoms with Crippen molar-refractivity contribution in [3.05, 3.63) is 71.5 Å². The molecule has 0 aliphatic rings. The number of aromatic nitrogens is 1. The van der Waals surface area contributed by atoms with Crippen LogP contribution in [0.15, 0.2) is 59.0 Å².